The molecule has 0 N–H and O–H groups in total. The van der Waals surface area contributed by atoms with E-state index in [0.29, 0.717) is 36.7 Å². The predicted octanol–water partition coefficient (Wildman–Crippen LogP) is 1.85. The molecule has 0 bridgehead atoms. The highest BCUT2D eigenvalue weighted by Crippen LogP contribution is 2.39. The summed E-state index contributed by atoms with van der Waals surface area (Å²) in [6, 6.07) is -0.0765. The van der Waals surface area contributed by atoms with Crippen LogP contribution in [0.3, 0.4) is 0 Å². The van der Waals surface area contributed by atoms with Gasteiger partial charge < -0.3 is 13.8 Å². The van der Waals surface area contributed by atoms with E-state index in [0.717, 1.165) is 31.6 Å². The minimum Gasteiger partial charge on any atom is -0.375 e. The van der Waals surface area contributed by atoms with Crippen LogP contribution in [-0.2, 0) is 17.7 Å². The van der Waals surface area contributed by atoms with Gasteiger partial charge in [-0.3, -0.25) is 4.90 Å². The van der Waals surface area contributed by atoms with Gasteiger partial charge in [-0.2, -0.15) is 9.97 Å². The van der Waals surface area contributed by atoms with Crippen molar-refractivity contribution in [2.75, 3.05) is 13.2 Å². The van der Waals surface area contributed by atoms with E-state index in [1.165, 1.54) is 0 Å². The summed E-state index contributed by atoms with van der Waals surface area (Å²) in [7, 11) is 0. The highest BCUT2D eigenvalue weighted by Gasteiger charge is 2.37. The highest BCUT2D eigenvalue weighted by molar-refractivity contribution is 5.06. The fourth-order valence-corrected chi connectivity index (χ4v) is 2.97. The maximum absolute atomic E-state index is 5.79. The van der Waals surface area contributed by atoms with E-state index in [4.69, 9.17) is 13.8 Å². The Morgan fingerprint density at radius 1 is 1.17 bits per heavy atom. The molecule has 0 unspecified atom stereocenters. The van der Waals surface area contributed by atoms with Gasteiger partial charge in [-0.1, -0.05) is 17.2 Å². The summed E-state index contributed by atoms with van der Waals surface area (Å²) >= 11 is 0. The summed E-state index contributed by atoms with van der Waals surface area (Å²) in [5.41, 5.74) is 0. The molecule has 0 radical (unpaired) electrons. The molecular weight excluding hydrogens is 298 g/mol. The maximum atomic E-state index is 5.79. The second-order valence-electron chi connectivity index (χ2n) is 6.21. The van der Waals surface area contributed by atoms with Crippen molar-refractivity contribution in [2.24, 2.45) is 0 Å². The van der Waals surface area contributed by atoms with Crippen molar-refractivity contribution >= 4 is 0 Å². The third-order valence-electron chi connectivity index (χ3n) is 4.41. The molecule has 0 spiro atoms. The second-order valence-corrected chi connectivity index (χ2v) is 6.21. The van der Waals surface area contributed by atoms with Crippen molar-refractivity contribution in [1.82, 2.24) is 25.2 Å². The molecule has 8 heteroatoms. The van der Waals surface area contributed by atoms with Gasteiger partial charge in [-0.15, -0.1) is 0 Å². The van der Waals surface area contributed by atoms with Crippen LogP contribution in [0.2, 0.25) is 0 Å². The molecule has 8 nitrogen and oxygen atoms in total. The van der Waals surface area contributed by atoms with Crippen LogP contribution in [0.15, 0.2) is 9.05 Å². The van der Waals surface area contributed by atoms with Gasteiger partial charge in [0.15, 0.2) is 11.6 Å². The molecule has 1 aliphatic heterocycles. The van der Waals surface area contributed by atoms with Gasteiger partial charge in [-0.05, 0) is 19.8 Å². The first-order valence-corrected chi connectivity index (χ1v) is 8.25. The van der Waals surface area contributed by atoms with Crippen molar-refractivity contribution in [2.45, 2.75) is 57.7 Å². The smallest absolute Gasteiger partial charge is 0.246 e. The quantitative estimate of drug-likeness (QED) is 0.824. The van der Waals surface area contributed by atoms with Crippen LogP contribution < -0.4 is 0 Å². The molecule has 3 heterocycles. The lowest BCUT2D eigenvalue weighted by atomic mass is 10.1. The summed E-state index contributed by atoms with van der Waals surface area (Å²) in [6.07, 6.45) is 3.03. The first-order chi connectivity index (χ1) is 11.2. The molecule has 23 heavy (non-hydrogen) atoms. The monoisotopic (exact) mass is 319 g/mol. The van der Waals surface area contributed by atoms with Crippen molar-refractivity contribution in [1.29, 1.82) is 0 Å². The number of aromatic nitrogens is 4. The van der Waals surface area contributed by atoms with E-state index in [9.17, 15) is 0 Å². The highest BCUT2D eigenvalue weighted by atomic mass is 16.5. The minimum absolute atomic E-state index is 0.0196. The standard InChI is InChI=1S/C15H21N5O3/c1-3-12-16-11(18-22-12)8-20-6-7-21-9(2)13(20)15-17-14(19-23-15)10-4-5-10/h9-10,13H,3-8H2,1-2H3/t9-,13+/m1/s1. The number of aryl methyl sites for hydroxylation is 1. The van der Waals surface area contributed by atoms with Crippen LogP contribution in [0.5, 0.6) is 0 Å². The van der Waals surface area contributed by atoms with Crippen molar-refractivity contribution < 1.29 is 13.8 Å². The molecule has 2 aliphatic rings. The molecule has 1 saturated carbocycles. The Balaban J connectivity index is 1.54. The Hall–Kier alpha value is -1.80. The van der Waals surface area contributed by atoms with E-state index in [-0.39, 0.29) is 12.1 Å². The number of hydrogen-bond donors (Lipinski definition) is 0. The van der Waals surface area contributed by atoms with Gasteiger partial charge in [0.25, 0.3) is 0 Å². The average molecular weight is 319 g/mol. The zero-order valence-electron chi connectivity index (χ0n) is 13.4. The molecule has 2 aromatic heterocycles. The predicted molar refractivity (Wildman–Crippen MR) is 78.5 cm³/mol. The van der Waals surface area contributed by atoms with Crippen molar-refractivity contribution in [3.05, 3.63) is 23.4 Å². The van der Waals surface area contributed by atoms with Crippen LogP contribution in [0.4, 0.5) is 0 Å². The SMILES string of the molecule is CCc1nc(CN2CCO[C@H](C)[C@H]2c2nc(C3CC3)no2)no1. The number of rotatable bonds is 5. The number of hydrogen-bond acceptors (Lipinski definition) is 8. The Bertz CT molecular complexity index is 666. The summed E-state index contributed by atoms with van der Waals surface area (Å²) in [5.74, 6) is 3.27. The molecule has 0 aromatic carbocycles. The molecule has 2 atom stereocenters. The van der Waals surface area contributed by atoms with Crippen LogP contribution in [0.25, 0.3) is 0 Å². The Kier molecular flexibility index (Phi) is 3.86. The van der Waals surface area contributed by atoms with E-state index >= 15 is 0 Å². The van der Waals surface area contributed by atoms with E-state index in [1.807, 2.05) is 13.8 Å². The van der Waals surface area contributed by atoms with Crippen molar-refractivity contribution in [3.8, 4) is 0 Å². The lowest BCUT2D eigenvalue weighted by Gasteiger charge is -2.36. The molecule has 1 saturated heterocycles. The van der Waals surface area contributed by atoms with Crippen LogP contribution in [0.1, 0.15) is 62.1 Å². The van der Waals surface area contributed by atoms with Gasteiger partial charge in [0.2, 0.25) is 11.8 Å². The summed E-state index contributed by atoms with van der Waals surface area (Å²) < 4.78 is 16.5. The number of nitrogens with zero attached hydrogens (tertiary/aromatic N) is 5. The second kappa shape index (κ2) is 6.01. The zero-order valence-corrected chi connectivity index (χ0v) is 13.4. The Labute approximate surface area is 134 Å². The van der Waals surface area contributed by atoms with Gasteiger partial charge in [0.05, 0.1) is 19.3 Å². The molecule has 4 rings (SSSR count). The third-order valence-corrected chi connectivity index (χ3v) is 4.41. The largest absolute Gasteiger partial charge is 0.375 e. The molecule has 0 amide bonds. The van der Waals surface area contributed by atoms with Crippen LogP contribution >= 0.6 is 0 Å². The van der Waals surface area contributed by atoms with Gasteiger partial charge >= 0.3 is 0 Å². The zero-order chi connectivity index (χ0) is 15.8. The van der Waals surface area contributed by atoms with Gasteiger partial charge in [0, 0.05) is 18.9 Å². The topological polar surface area (TPSA) is 90.3 Å². The number of ether oxygens (including phenoxy) is 1. The maximum Gasteiger partial charge on any atom is 0.246 e. The summed E-state index contributed by atoms with van der Waals surface area (Å²) in [6.45, 7) is 6.05. The summed E-state index contributed by atoms with van der Waals surface area (Å²) in [4.78, 5) is 11.2. The molecule has 1 aliphatic carbocycles. The lowest BCUT2D eigenvalue weighted by Crippen LogP contribution is -2.44. The fourth-order valence-electron chi connectivity index (χ4n) is 2.97. The van der Waals surface area contributed by atoms with Gasteiger partial charge in [0.1, 0.15) is 6.04 Å². The van der Waals surface area contributed by atoms with Crippen LogP contribution in [-0.4, -0.2) is 44.4 Å². The Morgan fingerprint density at radius 3 is 2.78 bits per heavy atom. The van der Waals surface area contributed by atoms with E-state index < -0.39 is 0 Å². The Morgan fingerprint density at radius 2 is 2.04 bits per heavy atom. The molecule has 2 aromatic rings. The molecule has 124 valence electrons. The first kappa shape index (κ1) is 14.8. The molecular formula is C15H21N5O3. The van der Waals surface area contributed by atoms with Crippen molar-refractivity contribution in [3.63, 3.8) is 0 Å². The van der Waals surface area contributed by atoms with E-state index in [2.05, 4.69) is 25.2 Å². The lowest BCUT2D eigenvalue weighted by molar-refractivity contribution is -0.0772. The van der Waals surface area contributed by atoms with E-state index in [1.54, 1.807) is 0 Å². The molecule has 2 fully saturated rings. The average Bonchev–Trinajstić information content (AvgIpc) is 3.11. The van der Waals surface area contributed by atoms with Crippen LogP contribution in [0, 0.1) is 0 Å². The normalized spacial score (nSPS) is 25.8. The fraction of sp³-hybridized carbons (Fsp3) is 0.733. The summed E-state index contributed by atoms with van der Waals surface area (Å²) in [5, 5.41) is 8.17. The first-order valence-electron chi connectivity index (χ1n) is 8.25. The number of morpholine rings is 1. The third kappa shape index (κ3) is 3.00. The van der Waals surface area contributed by atoms with Gasteiger partial charge in [-0.25, -0.2) is 0 Å². The minimum atomic E-state index is -0.0765.